The molecule has 0 saturated heterocycles. The lowest BCUT2D eigenvalue weighted by atomic mass is 10.1. The minimum atomic E-state index is -0.496. The van der Waals surface area contributed by atoms with Crippen LogP contribution in [0.2, 0.25) is 0 Å². The molecular formula is C13H15N3O2. The number of aromatic nitrogens is 2. The number of ether oxygens (including phenoxy) is 1. The first-order chi connectivity index (χ1) is 8.52. The van der Waals surface area contributed by atoms with Gasteiger partial charge < -0.3 is 10.5 Å². The summed E-state index contributed by atoms with van der Waals surface area (Å²) in [7, 11) is 1.31. The molecule has 5 nitrogen and oxygen atoms in total. The molecule has 0 unspecified atom stereocenters. The van der Waals surface area contributed by atoms with Crippen LogP contribution in [0.3, 0.4) is 0 Å². The Labute approximate surface area is 105 Å². The van der Waals surface area contributed by atoms with Gasteiger partial charge in [-0.1, -0.05) is 6.07 Å². The molecule has 0 amide bonds. The molecular weight excluding hydrogens is 230 g/mol. The lowest BCUT2D eigenvalue weighted by Gasteiger charge is -2.06. The summed E-state index contributed by atoms with van der Waals surface area (Å²) >= 11 is 0. The number of methoxy groups -OCH3 is 1. The van der Waals surface area contributed by atoms with Crippen LogP contribution in [0.1, 0.15) is 21.6 Å². The minimum absolute atomic E-state index is 0.202. The van der Waals surface area contributed by atoms with E-state index in [0.717, 1.165) is 11.3 Å². The predicted octanol–water partition coefficient (Wildman–Crippen LogP) is 1.86. The SMILES string of the molecule is COC(=O)c1cc(N)n(-c2ccc(C)c(C)c2)n1. The molecule has 0 bridgehead atoms. The maximum atomic E-state index is 11.4. The number of anilines is 1. The van der Waals surface area contributed by atoms with Crippen LogP contribution in [0.5, 0.6) is 0 Å². The molecule has 2 rings (SSSR count). The molecule has 2 aromatic rings. The standard InChI is InChI=1S/C13H15N3O2/c1-8-4-5-10(6-9(8)2)16-12(14)7-11(15-16)13(17)18-3/h4-7H,14H2,1-3H3. The first-order valence-electron chi connectivity index (χ1n) is 5.54. The van der Waals surface area contributed by atoms with E-state index in [1.165, 1.54) is 23.4 Å². The third-order valence-corrected chi connectivity index (χ3v) is 2.87. The predicted molar refractivity (Wildman–Crippen MR) is 68.8 cm³/mol. The van der Waals surface area contributed by atoms with Crippen molar-refractivity contribution >= 4 is 11.8 Å². The molecule has 94 valence electrons. The molecule has 2 N–H and O–H groups in total. The van der Waals surface area contributed by atoms with Crippen LogP contribution in [-0.2, 0) is 4.74 Å². The lowest BCUT2D eigenvalue weighted by Crippen LogP contribution is -2.05. The van der Waals surface area contributed by atoms with E-state index < -0.39 is 5.97 Å². The van der Waals surface area contributed by atoms with Crippen LogP contribution in [0.4, 0.5) is 5.82 Å². The van der Waals surface area contributed by atoms with Crippen molar-refractivity contribution < 1.29 is 9.53 Å². The van der Waals surface area contributed by atoms with Gasteiger partial charge in [-0.2, -0.15) is 5.10 Å². The average molecular weight is 245 g/mol. The molecule has 0 fully saturated rings. The summed E-state index contributed by atoms with van der Waals surface area (Å²) < 4.78 is 6.14. The van der Waals surface area contributed by atoms with Crippen LogP contribution in [0.25, 0.3) is 5.69 Å². The number of esters is 1. The number of carbonyl (C=O) groups excluding carboxylic acids is 1. The summed E-state index contributed by atoms with van der Waals surface area (Å²) in [6.07, 6.45) is 0. The third-order valence-electron chi connectivity index (χ3n) is 2.87. The third kappa shape index (κ3) is 2.07. The Kier molecular flexibility index (Phi) is 3.06. The Balaban J connectivity index is 2.47. The number of rotatable bonds is 2. The maximum absolute atomic E-state index is 11.4. The molecule has 0 spiro atoms. The zero-order valence-corrected chi connectivity index (χ0v) is 10.6. The molecule has 0 atom stereocenters. The summed E-state index contributed by atoms with van der Waals surface area (Å²) in [5, 5.41) is 4.14. The highest BCUT2D eigenvalue weighted by atomic mass is 16.5. The number of benzene rings is 1. The molecule has 1 heterocycles. The number of carbonyl (C=O) groups is 1. The van der Waals surface area contributed by atoms with Crippen molar-refractivity contribution in [1.29, 1.82) is 0 Å². The van der Waals surface area contributed by atoms with Crippen molar-refractivity contribution in [3.05, 3.63) is 41.1 Å². The highest BCUT2D eigenvalue weighted by Crippen LogP contribution is 2.18. The van der Waals surface area contributed by atoms with E-state index in [1.54, 1.807) is 0 Å². The average Bonchev–Trinajstić information content (AvgIpc) is 2.74. The van der Waals surface area contributed by atoms with Gasteiger partial charge >= 0.3 is 5.97 Å². The van der Waals surface area contributed by atoms with Gasteiger partial charge in [0.15, 0.2) is 5.69 Å². The highest BCUT2D eigenvalue weighted by Gasteiger charge is 2.14. The fraction of sp³-hybridized carbons (Fsp3) is 0.231. The maximum Gasteiger partial charge on any atom is 0.358 e. The van der Waals surface area contributed by atoms with E-state index in [1.807, 2.05) is 32.0 Å². The summed E-state index contributed by atoms with van der Waals surface area (Å²) in [4.78, 5) is 11.4. The fourth-order valence-electron chi connectivity index (χ4n) is 1.66. The van der Waals surface area contributed by atoms with Gasteiger partial charge in [0.25, 0.3) is 0 Å². The zero-order valence-electron chi connectivity index (χ0n) is 10.6. The number of nitrogen functional groups attached to an aromatic ring is 1. The van der Waals surface area contributed by atoms with Crippen molar-refractivity contribution in [1.82, 2.24) is 9.78 Å². The van der Waals surface area contributed by atoms with Crippen molar-refractivity contribution in [2.24, 2.45) is 0 Å². The molecule has 5 heteroatoms. The zero-order chi connectivity index (χ0) is 13.3. The number of nitrogens with two attached hydrogens (primary N) is 1. The second kappa shape index (κ2) is 4.52. The van der Waals surface area contributed by atoms with E-state index in [0.29, 0.717) is 5.82 Å². The Morgan fingerprint density at radius 1 is 1.28 bits per heavy atom. The summed E-state index contributed by atoms with van der Waals surface area (Å²) in [5.41, 5.74) is 9.21. The van der Waals surface area contributed by atoms with Crippen LogP contribution < -0.4 is 5.73 Å². The number of hydrogen-bond acceptors (Lipinski definition) is 4. The topological polar surface area (TPSA) is 70.1 Å². The Morgan fingerprint density at radius 3 is 2.61 bits per heavy atom. The van der Waals surface area contributed by atoms with E-state index in [4.69, 9.17) is 5.73 Å². The van der Waals surface area contributed by atoms with Gasteiger partial charge in [-0.05, 0) is 37.1 Å². The fourth-order valence-corrected chi connectivity index (χ4v) is 1.66. The van der Waals surface area contributed by atoms with Crippen LogP contribution in [0, 0.1) is 13.8 Å². The van der Waals surface area contributed by atoms with Crippen LogP contribution >= 0.6 is 0 Å². The van der Waals surface area contributed by atoms with Gasteiger partial charge in [0, 0.05) is 6.07 Å². The Bertz CT molecular complexity index is 602. The van der Waals surface area contributed by atoms with Gasteiger partial charge in [-0.15, -0.1) is 0 Å². The van der Waals surface area contributed by atoms with Crippen LogP contribution in [0.15, 0.2) is 24.3 Å². The smallest absolute Gasteiger partial charge is 0.358 e. The quantitative estimate of drug-likeness (QED) is 0.820. The van der Waals surface area contributed by atoms with Gasteiger partial charge in [0.2, 0.25) is 0 Å². The molecule has 0 aliphatic rings. The number of aryl methyl sites for hydroxylation is 2. The largest absolute Gasteiger partial charge is 0.464 e. The summed E-state index contributed by atoms with van der Waals surface area (Å²) in [6, 6.07) is 7.37. The second-order valence-electron chi connectivity index (χ2n) is 4.13. The summed E-state index contributed by atoms with van der Waals surface area (Å²) in [6.45, 7) is 4.05. The van der Waals surface area contributed by atoms with Gasteiger partial charge in [0.05, 0.1) is 12.8 Å². The van der Waals surface area contributed by atoms with Gasteiger partial charge in [-0.3, -0.25) is 0 Å². The molecule has 1 aromatic carbocycles. The molecule has 1 aromatic heterocycles. The first-order valence-corrected chi connectivity index (χ1v) is 5.54. The van der Waals surface area contributed by atoms with Crippen molar-refractivity contribution in [2.45, 2.75) is 13.8 Å². The molecule has 18 heavy (non-hydrogen) atoms. The van der Waals surface area contributed by atoms with Gasteiger partial charge in [-0.25, -0.2) is 9.48 Å². The molecule has 0 saturated carbocycles. The highest BCUT2D eigenvalue weighted by molar-refractivity contribution is 5.88. The van der Waals surface area contributed by atoms with Crippen LogP contribution in [-0.4, -0.2) is 22.9 Å². The Hall–Kier alpha value is -2.30. The van der Waals surface area contributed by atoms with Gasteiger partial charge in [0.1, 0.15) is 5.82 Å². The van der Waals surface area contributed by atoms with E-state index in [-0.39, 0.29) is 5.69 Å². The van der Waals surface area contributed by atoms with E-state index in [2.05, 4.69) is 9.84 Å². The normalized spacial score (nSPS) is 10.4. The molecule has 0 aliphatic carbocycles. The monoisotopic (exact) mass is 245 g/mol. The Morgan fingerprint density at radius 2 is 2.00 bits per heavy atom. The lowest BCUT2D eigenvalue weighted by molar-refractivity contribution is 0.0593. The van der Waals surface area contributed by atoms with Crippen molar-refractivity contribution in [2.75, 3.05) is 12.8 Å². The second-order valence-corrected chi connectivity index (χ2v) is 4.13. The van der Waals surface area contributed by atoms with E-state index in [9.17, 15) is 4.79 Å². The number of hydrogen-bond donors (Lipinski definition) is 1. The number of nitrogens with zero attached hydrogens (tertiary/aromatic N) is 2. The van der Waals surface area contributed by atoms with E-state index >= 15 is 0 Å². The molecule has 0 radical (unpaired) electrons. The molecule has 0 aliphatic heterocycles. The minimum Gasteiger partial charge on any atom is -0.464 e. The van der Waals surface area contributed by atoms with Crippen molar-refractivity contribution in [3.63, 3.8) is 0 Å². The summed E-state index contributed by atoms with van der Waals surface area (Å²) in [5.74, 6) is -0.0945. The first kappa shape index (κ1) is 12.2. The van der Waals surface area contributed by atoms with Crippen molar-refractivity contribution in [3.8, 4) is 5.69 Å².